The van der Waals surface area contributed by atoms with Crippen LogP contribution in [-0.2, 0) is 16.1 Å². The van der Waals surface area contributed by atoms with E-state index in [2.05, 4.69) is 4.98 Å². The molecule has 0 spiro atoms. The van der Waals surface area contributed by atoms with Gasteiger partial charge in [0.15, 0.2) is 0 Å². The molecule has 0 aliphatic heterocycles. The molecule has 0 aromatic carbocycles. The molecule has 2 rings (SSSR count). The molecule has 0 saturated carbocycles. The molecule has 0 atom stereocenters. The van der Waals surface area contributed by atoms with Crippen LogP contribution in [-0.4, -0.2) is 32.5 Å². The number of hydrogen-bond donors (Lipinski definition) is 1. The zero-order chi connectivity index (χ0) is 14.9. The topological polar surface area (TPSA) is 98.5 Å². The third-order valence-corrected chi connectivity index (χ3v) is 2.76. The van der Waals surface area contributed by atoms with Crippen LogP contribution < -0.4 is 0 Å². The Balaban J connectivity index is 2.59. The van der Waals surface area contributed by atoms with Gasteiger partial charge in [-0.15, -0.1) is 0 Å². The number of ether oxygens (including phenoxy) is 1. The maximum Gasteiger partial charge on any atom is 0.354 e. The zero-order valence-electron chi connectivity index (χ0n) is 10.9. The molecular formula is C13H12N2O5. The van der Waals surface area contributed by atoms with E-state index in [4.69, 9.17) is 9.84 Å². The Morgan fingerprint density at radius 1 is 1.35 bits per heavy atom. The third kappa shape index (κ3) is 2.51. The van der Waals surface area contributed by atoms with Crippen molar-refractivity contribution in [2.75, 3.05) is 0 Å². The number of aromatic nitrogens is 2. The first-order valence-corrected chi connectivity index (χ1v) is 5.77. The van der Waals surface area contributed by atoms with Gasteiger partial charge in [0.05, 0.1) is 11.7 Å². The van der Waals surface area contributed by atoms with Gasteiger partial charge in [0.1, 0.15) is 12.3 Å². The second kappa shape index (κ2) is 5.12. The lowest BCUT2D eigenvalue weighted by atomic mass is 10.2. The number of hydrogen-bond acceptors (Lipinski definition) is 5. The highest BCUT2D eigenvalue weighted by Gasteiger charge is 2.15. The van der Waals surface area contributed by atoms with Crippen LogP contribution in [0.1, 0.15) is 34.7 Å². The van der Waals surface area contributed by atoms with E-state index in [0.29, 0.717) is 16.5 Å². The molecular weight excluding hydrogens is 264 g/mol. The molecule has 7 nitrogen and oxygen atoms in total. The normalized spacial score (nSPS) is 10.5. The van der Waals surface area contributed by atoms with E-state index < -0.39 is 11.9 Å². The van der Waals surface area contributed by atoms with Crippen LogP contribution in [0.3, 0.4) is 0 Å². The van der Waals surface area contributed by atoms with Gasteiger partial charge in [-0.2, -0.15) is 0 Å². The number of esters is 1. The Morgan fingerprint density at radius 2 is 2.05 bits per heavy atom. The minimum atomic E-state index is -1.17. The van der Waals surface area contributed by atoms with Crippen LogP contribution in [0.2, 0.25) is 0 Å². The SMILES string of the molecule is CC(=O)OCc1cn(C(C)=O)c2cnc(C(=O)O)cc12. The highest BCUT2D eigenvalue weighted by atomic mass is 16.5. The van der Waals surface area contributed by atoms with E-state index in [1.54, 1.807) is 0 Å². The molecule has 0 bridgehead atoms. The summed E-state index contributed by atoms with van der Waals surface area (Å²) in [5, 5.41) is 9.47. The first-order valence-electron chi connectivity index (χ1n) is 5.77. The van der Waals surface area contributed by atoms with Gasteiger partial charge in [0, 0.05) is 31.0 Å². The van der Waals surface area contributed by atoms with Crippen LogP contribution in [0.15, 0.2) is 18.5 Å². The van der Waals surface area contributed by atoms with Crippen molar-refractivity contribution in [2.45, 2.75) is 20.5 Å². The van der Waals surface area contributed by atoms with Crippen molar-refractivity contribution in [1.29, 1.82) is 0 Å². The molecule has 7 heteroatoms. The summed E-state index contributed by atoms with van der Waals surface area (Å²) < 4.78 is 6.24. The number of carbonyl (C=O) groups is 3. The predicted octanol–water partition coefficient (Wildman–Crippen LogP) is 1.46. The number of rotatable bonds is 3. The zero-order valence-corrected chi connectivity index (χ0v) is 10.9. The fourth-order valence-corrected chi connectivity index (χ4v) is 1.86. The van der Waals surface area contributed by atoms with Crippen molar-refractivity contribution in [2.24, 2.45) is 0 Å². The summed E-state index contributed by atoms with van der Waals surface area (Å²) in [6, 6.07) is 1.36. The van der Waals surface area contributed by atoms with Gasteiger partial charge in [-0.3, -0.25) is 14.2 Å². The molecule has 2 heterocycles. The molecule has 0 saturated heterocycles. The third-order valence-electron chi connectivity index (χ3n) is 2.76. The number of pyridine rings is 1. The summed E-state index contributed by atoms with van der Waals surface area (Å²) >= 11 is 0. The standard InChI is InChI=1S/C13H12N2O5/c1-7(16)15-5-9(6-20-8(2)17)10-3-11(13(18)19)14-4-12(10)15/h3-5H,6H2,1-2H3,(H,18,19). The van der Waals surface area contributed by atoms with Crippen LogP contribution in [0, 0.1) is 0 Å². The Bertz CT molecular complexity index is 717. The molecule has 0 amide bonds. The summed E-state index contributed by atoms with van der Waals surface area (Å²) in [6.45, 7) is 2.61. The van der Waals surface area contributed by atoms with E-state index in [1.807, 2.05) is 0 Å². The Morgan fingerprint density at radius 3 is 2.60 bits per heavy atom. The van der Waals surface area contributed by atoms with Crippen LogP contribution in [0.4, 0.5) is 0 Å². The van der Waals surface area contributed by atoms with Gasteiger partial charge in [-0.1, -0.05) is 0 Å². The predicted molar refractivity (Wildman–Crippen MR) is 68.5 cm³/mol. The first kappa shape index (κ1) is 13.7. The van der Waals surface area contributed by atoms with E-state index in [0.717, 1.165) is 0 Å². The number of carboxylic acid groups (broad SMARTS) is 1. The van der Waals surface area contributed by atoms with Gasteiger partial charge in [-0.25, -0.2) is 9.78 Å². The number of nitrogens with zero attached hydrogens (tertiary/aromatic N) is 2. The summed E-state index contributed by atoms with van der Waals surface area (Å²) in [5.74, 6) is -1.86. The van der Waals surface area contributed by atoms with Crippen molar-refractivity contribution in [1.82, 2.24) is 9.55 Å². The molecule has 2 aromatic rings. The second-order valence-corrected chi connectivity index (χ2v) is 4.22. The molecule has 2 aromatic heterocycles. The molecule has 0 radical (unpaired) electrons. The molecule has 20 heavy (non-hydrogen) atoms. The fourth-order valence-electron chi connectivity index (χ4n) is 1.86. The van der Waals surface area contributed by atoms with Crippen molar-refractivity contribution in [3.8, 4) is 0 Å². The van der Waals surface area contributed by atoms with Gasteiger partial charge in [-0.05, 0) is 6.07 Å². The number of fused-ring (bicyclic) bond motifs is 1. The van der Waals surface area contributed by atoms with Crippen LogP contribution >= 0.6 is 0 Å². The van der Waals surface area contributed by atoms with Crippen molar-refractivity contribution < 1.29 is 24.2 Å². The van der Waals surface area contributed by atoms with Crippen LogP contribution in [0.5, 0.6) is 0 Å². The highest BCUT2D eigenvalue weighted by molar-refractivity contribution is 5.97. The second-order valence-electron chi connectivity index (χ2n) is 4.22. The average Bonchev–Trinajstić information content (AvgIpc) is 2.74. The summed E-state index contributed by atoms with van der Waals surface area (Å²) in [5.41, 5.74) is 0.892. The Hall–Kier alpha value is -2.70. The molecule has 1 N–H and O–H groups in total. The summed E-state index contributed by atoms with van der Waals surface area (Å²) in [6.07, 6.45) is 2.83. The van der Waals surface area contributed by atoms with Crippen LogP contribution in [0.25, 0.3) is 10.9 Å². The van der Waals surface area contributed by atoms with E-state index in [-0.39, 0.29) is 18.2 Å². The highest BCUT2D eigenvalue weighted by Crippen LogP contribution is 2.22. The molecule has 0 unspecified atom stereocenters. The first-order chi connectivity index (χ1) is 9.40. The van der Waals surface area contributed by atoms with E-state index in [1.165, 1.54) is 36.9 Å². The van der Waals surface area contributed by atoms with Gasteiger partial charge >= 0.3 is 11.9 Å². The quantitative estimate of drug-likeness (QED) is 0.852. The number of aromatic carboxylic acids is 1. The molecule has 0 aliphatic rings. The largest absolute Gasteiger partial charge is 0.477 e. The maximum absolute atomic E-state index is 11.5. The maximum atomic E-state index is 11.5. The van der Waals surface area contributed by atoms with E-state index >= 15 is 0 Å². The fraction of sp³-hybridized carbons (Fsp3) is 0.231. The van der Waals surface area contributed by atoms with Crippen molar-refractivity contribution >= 4 is 28.7 Å². The molecule has 0 aliphatic carbocycles. The summed E-state index contributed by atoms with van der Waals surface area (Å²) in [4.78, 5) is 37.1. The Kier molecular flexibility index (Phi) is 3.51. The van der Waals surface area contributed by atoms with Gasteiger partial charge < -0.3 is 9.84 Å². The number of carbonyl (C=O) groups excluding carboxylic acids is 2. The molecule has 0 fully saturated rings. The van der Waals surface area contributed by atoms with E-state index in [9.17, 15) is 14.4 Å². The lowest BCUT2D eigenvalue weighted by Crippen LogP contribution is -2.04. The van der Waals surface area contributed by atoms with Crippen molar-refractivity contribution in [3.63, 3.8) is 0 Å². The van der Waals surface area contributed by atoms with Gasteiger partial charge in [0.2, 0.25) is 5.91 Å². The van der Waals surface area contributed by atoms with Gasteiger partial charge in [0.25, 0.3) is 0 Å². The monoisotopic (exact) mass is 276 g/mol. The smallest absolute Gasteiger partial charge is 0.354 e. The number of carboxylic acids is 1. The lowest BCUT2D eigenvalue weighted by Gasteiger charge is -2.00. The van der Waals surface area contributed by atoms with Crippen molar-refractivity contribution in [3.05, 3.63) is 29.7 Å². The molecule has 104 valence electrons. The Labute approximate surface area is 113 Å². The summed E-state index contributed by atoms with van der Waals surface area (Å²) in [7, 11) is 0. The lowest BCUT2D eigenvalue weighted by molar-refractivity contribution is -0.142. The average molecular weight is 276 g/mol. The minimum Gasteiger partial charge on any atom is -0.477 e. The minimum absolute atomic E-state index is 0.0326.